The molecule has 0 amide bonds. The lowest BCUT2D eigenvalue weighted by molar-refractivity contribution is 0.492. The Kier molecular flexibility index (Phi) is 12.9. The molecular weight excluding hydrogens is 651 g/mol. The van der Waals surface area contributed by atoms with Gasteiger partial charge in [-0.2, -0.15) is 4.98 Å². The van der Waals surface area contributed by atoms with Gasteiger partial charge in [0.2, 0.25) is 0 Å². The molecule has 4 aromatic rings. The summed E-state index contributed by atoms with van der Waals surface area (Å²) in [7, 11) is 0. The van der Waals surface area contributed by atoms with Crippen molar-refractivity contribution in [3.8, 4) is 5.69 Å². The van der Waals surface area contributed by atoms with Gasteiger partial charge in [-0.15, -0.1) is 0 Å². The van der Waals surface area contributed by atoms with E-state index in [1.54, 1.807) is 10.6 Å². The van der Waals surface area contributed by atoms with Crippen molar-refractivity contribution >= 4 is 28.6 Å². The molecular formula is C39H56ClFN8O. The minimum Gasteiger partial charge on any atom is -0.370 e. The molecule has 0 bridgehead atoms. The summed E-state index contributed by atoms with van der Waals surface area (Å²) in [6, 6.07) is 14.3. The summed E-state index contributed by atoms with van der Waals surface area (Å²) in [5.41, 5.74) is 21.5. The molecule has 3 atom stereocenters. The number of nitrogens with zero attached hydrogens (tertiary/aromatic N) is 3. The second kappa shape index (κ2) is 16.5. The number of aromatic nitrogens is 3. The summed E-state index contributed by atoms with van der Waals surface area (Å²) in [5, 5.41) is 4.61. The van der Waals surface area contributed by atoms with Gasteiger partial charge in [-0.05, 0) is 104 Å². The number of hydrogen-bond acceptors (Lipinski definition) is 5. The van der Waals surface area contributed by atoms with Crippen molar-refractivity contribution in [3.63, 3.8) is 0 Å². The van der Waals surface area contributed by atoms with Crippen molar-refractivity contribution in [2.24, 2.45) is 28.1 Å². The number of fused-ring (bicyclic) bond motifs is 1. The summed E-state index contributed by atoms with van der Waals surface area (Å²) >= 11 is 6.05. The van der Waals surface area contributed by atoms with Gasteiger partial charge in [0.05, 0.1) is 10.7 Å². The molecule has 2 aromatic heterocycles. The Balaban J connectivity index is 0.000000244. The van der Waals surface area contributed by atoms with E-state index in [9.17, 15) is 9.18 Å². The maximum Gasteiger partial charge on any atom is 0.354 e. The lowest BCUT2D eigenvalue weighted by Crippen LogP contribution is -2.24. The molecule has 0 radical (unpaired) electrons. The second-order valence-corrected chi connectivity index (χ2v) is 16.1. The Morgan fingerprint density at radius 1 is 1.10 bits per heavy atom. The number of nitrogens with one attached hydrogen (secondary N) is 2. The highest BCUT2D eigenvalue weighted by Crippen LogP contribution is 2.33. The van der Waals surface area contributed by atoms with Crippen LogP contribution in [0.5, 0.6) is 0 Å². The third kappa shape index (κ3) is 10.6. The summed E-state index contributed by atoms with van der Waals surface area (Å²) < 4.78 is 15.7. The Labute approximate surface area is 301 Å². The van der Waals surface area contributed by atoms with Gasteiger partial charge in [-0.25, -0.2) is 9.18 Å². The van der Waals surface area contributed by atoms with Gasteiger partial charge in [0.1, 0.15) is 11.5 Å². The van der Waals surface area contributed by atoms with E-state index in [0.717, 1.165) is 66.5 Å². The first-order valence-corrected chi connectivity index (χ1v) is 18.1. The smallest absolute Gasteiger partial charge is 0.354 e. The fourth-order valence-corrected chi connectivity index (χ4v) is 6.55. The Morgan fingerprint density at radius 3 is 2.40 bits per heavy atom. The number of nitrogens with two attached hydrogens (primary N) is 3. The summed E-state index contributed by atoms with van der Waals surface area (Å²) in [4.78, 5) is 24.0. The van der Waals surface area contributed by atoms with Crippen LogP contribution < -0.4 is 28.2 Å². The van der Waals surface area contributed by atoms with Gasteiger partial charge in [0.15, 0.2) is 5.96 Å². The van der Waals surface area contributed by atoms with Crippen LogP contribution in [0.2, 0.25) is 5.02 Å². The zero-order valence-electron chi connectivity index (χ0n) is 30.7. The van der Waals surface area contributed by atoms with Crippen LogP contribution in [-0.4, -0.2) is 39.6 Å². The molecule has 272 valence electrons. The summed E-state index contributed by atoms with van der Waals surface area (Å²) in [6.45, 7) is 15.9. The molecule has 5 rings (SSSR count). The summed E-state index contributed by atoms with van der Waals surface area (Å²) in [5.74, 6) is 0.563. The zero-order valence-corrected chi connectivity index (χ0v) is 31.5. The molecule has 8 N–H and O–H groups in total. The predicted octanol–water partition coefficient (Wildman–Crippen LogP) is 7.16. The summed E-state index contributed by atoms with van der Waals surface area (Å²) in [6.07, 6.45) is 8.27. The van der Waals surface area contributed by atoms with Gasteiger partial charge in [0.25, 0.3) is 0 Å². The lowest BCUT2D eigenvalue weighted by atomic mass is 9.85. The Hall–Kier alpha value is -3.73. The second-order valence-electron chi connectivity index (χ2n) is 15.7. The van der Waals surface area contributed by atoms with Gasteiger partial charge < -0.3 is 27.5 Å². The van der Waals surface area contributed by atoms with E-state index in [2.05, 4.69) is 54.0 Å². The molecule has 1 unspecified atom stereocenters. The average molecular weight is 707 g/mol. The Morgan fingerprint density at radius 2 is 1.80 bits per heavy atom. The minimum atomic E-state index is -0.302. The van der Waals surface area contributed by atoms with E-state index in [-0.39, 0.29) is 39.4 Å². The van der Waals surface area contributed by atoms with E-state index < -0.39 is 0 Å². The van der Waals surface area contributed by atoms with Crippen LogP contribution in [0, 0.1) is 11.7 Å². The van der Waals surface area contributed by atoms with Gasteiger partial charge in [-0.1, -0.05) is 71.3 Å². The van der Waals surface area contributed by atoms with Crippen molar-refractivity contribution in [1.29, 1.82) is 0 Å². The molecule has 0 saturated heterocycles. The number of aliphatic imine (C=N–C) groups is 1. The largest absolute Gasteiger partial charge is 0.370 e. The molecule has 2 heterocycles. The number of rotatable bonds is 10. The number of guanidine groups is 1. The molecule has 2 aromatic carbocycles. The predicted molar refractivity (Wildman–Crippen MR) is 206 cm³/mol. The first-order chi connectivity index (χ1) is 23.4. The van der Waals surface area contributed by atoms with Crippen LogP contribution in [0.1, 0.15) is 109 Å². The van der Waals surface area contributed by atoms with E-state index in [1.165, 1.54) is 6.42 Å². The Bertz CT molecular complexity index is 1810. The van der Waals surface area contributed by atoms with Gasteiger partial charge in [0, 0.05) is 41.3 Å². The van der Waals surface area contributed by atoms with E-state index in [1.807, 2.05) is 57.3 Å². The maximum atomic E-state index is 14.1. The van der Waals surface area contributed by atoms with Crippen molar-refractivity contribution in [1.82, 2.24) is 19.9 Å². The number of H-pyrrole nitrogens is 1. The third-order valence-electron chi connectivity index (χ3n) is 9.39. The highest BCUT2D eigenvalue weighted by Gasteiger charge is 2.24. The fraction of sp³-hybridized carbons (Fsp3) is 0.513. The van der Waals surface area contributed by atoms with Crippen molar-refractivity contribution in [2.75, 3.05) is 13.1 Å². The number of benzene rings is 2. The van der Waals surface area contributed by atoms with Crippen LogP contribution in [-0.2, 0) is 17.3 Å². The van der Waals surface area contributed by atoms with Crippen molar-refractivity contribution in [3.05, 3.63) is 92.4 Å². The van der Waals surface area contributed by atoms with Crippen LogP contribution in [0.3, 0.4) is 0 Å². The quantitative estimate of drug-likeness (QED) is 0.0670. The molecule has 1 fully saturated rings. The number of aryl methyl sites for hydroxylation is 1. The molecule has 0 aliphatic heterocycles. The minimum absolute atomic E-state index is 0.0390. The monoisotopic (exact) mass is 706 g/mol. The van der Waals surface area contributed by atoms with Crippen LogP contribution >= 0.6 is 11.6 Å². The molecule has 9 nitrogen and oxygen atoms in total. The van der Waals surface area contributed by atoms with Crippen LogP contribution in [0.4, 0.5) is 4.39 Å². The van der Waals surface area contributed by atoms with Crippen molar-refractivity contribution < 1.29 is 4.39 Å². The molecule has 1 aliphatic carbocycles. The SMILES string of the molecule is CC(C)(C)c1cc(CCC2CC[C@H](N)C2)cc(Cl)c1F.C[C@H](NCCCN=C(N)N)c1ccc(-n2cc3cc(C(C)(C)C)[nH]c3nc2=O)cc1. The van der Waals surface area contributed by atoms with Crippen LogP contribution in [0.25, 0.3) is 16.7 Å². The number of halogens is 2. The fourth-order valence-electron chi connectivity index (χ4n) is 6.31. The van der Waals surface area contributed by atoms with Crippen molar-refractivity contribution in [2.45, 2.75) is 110 Å². The molecule has 1 saturated carbocycles. The van der Waals surface area contributed by atoms with Gasteiger partial charge in [-0.3, -0.25) is 9.56 Å². The topological polar surface area (TPSA) is 153 Å². The van der Waals surface area contributed by atoms with E-state index >= 15 is 0 Å². The van der Waals surface area contributed by atoms with E-state index in [4.69, 9.17) is 28.8 Å². The molecule has 50 heavy (non-hydrogen) atoms. The maximum absolute atomic E-state index is 14.1. The normalized spacial score (nSPS) is 17.0. The zero-order chi connectivity index (χ0) is 36.8. The standard InChI is InChI=1S/C22H31N7O.C17H25ClFN/c1-14(25-10-5-11-26-20(23)24)15-6-8-17(9-7-15)29-13-16-12-18(22(2,3)4)27-19(16)28-21(29)30;1-17(2,3)14-9-12(10-15(18)16(14)19)5-4-11-6-7-13(20)8-11/h6-9,12-14,25H,5,10-11H2,1-4H3,(H4,23,24,26)(H,27,28,30);9-11,13H,4-8,20H2,1-3H3/t14-;11?,13-/m00/s1. The van der Waals surface area contributed by atoms with Crippen LogP contribution in [0.15, 0.2) is 58.4 Å². The van der Waals surface area contributed by atoms with E-state index in [0.29, 0.717) is 29.7 Å². The molecule has 11 heteroatoms. The average Bonchev–Trinajstić information content (AvgIpc) is 3.66. The highest BCUT2D eigenvalue weighted by atomic mass is 35.5. The number of hydrogen-bond donors (Lipinski definition) is 5. The molecule has 1 aliphatic rings. The number of aromatic amines is 1. The third-order valence-corrected chi connectivity index (χ3v) is 9.66. The van der Waals surface area contributed by atoms with Gasteiger partial charge >= 0.3 is 5.69 Å². The first kappa shape index (κ1) is 39.1. The first-order valence-electron chi connectivity index (χ1n) is 17.7. The highest BCUT2D eigenvalue weighted by molar-refractivity contribution is 6.30. The lowest BCUT2D eigenvalue weighted by Gasteiger charge is -2.22. The molecule has 0 spiro atoms.